The quantitative estimate of drug-likeness (QED) is 0.154. The average Bonchev–Trinajstić information content (AvgIpc) is 3.49. The minimum atomic E-state index is -1.31. The molecule has 5 aliphatic carbocycles. The summed E-state index contributed by atoms with van der Waals surface area (Å²) in [5.74, 6) is -2.29. The molecule has 6 rings (SSSR count). The zero-order valence-electron chi connectivity index (χ0n) is 38.5. The zero-order chi connectivity index (χ0) is 45.2. The van der Waals surface area contributed by atoms with Gasteiger partial charge in [0.2, 0.25) is 0 Å². The summed E-state index contributed by atoms with van der Waals surface area (Å²) in [6.45, 7) is 23.2. The third kappa shape index (κ3) is 8.47. The Kier molecular flexibility index (Phi) is 12.9. The predicted molar refractivity (Wildman–Crippen MR) is 234 cm³/mol. The maximum Gasteiger partial charge on any atom is 0.309 e. The van der Waals surface area contributed by atoms with E-state index < -0.39 is 40.8 Å². The van der Waals surface area contributed by atoms with E-state index in [2.05, 4.69) is 53.8 Å². The molecule has 0 radical (unpaired) electrons. The fourth-order valence-corrected chi connectivity index (χ4v) is 13.9. The number of aliphatic carboxylic acids is 2. The lowest BCUT2D eigenvalue weighted by Crippen LogP contribution is -2.66. The number of halogens is 1. The van der Waals surface area contributed by atoms with Gasteiger partial charge in [-0.25, -0.2) is 0 Å². The number of ketones is 1. The lowest BCUT2D eigenvalue weighted by atomic mass is 9.33. The first-order chi connectivity index (χ1) is 28.2. The zero-order valence-corrected chi connectivity index (χ0v) is 39.3. The van der Waals surface area contributed by atoms with Crippen LogP contribution in [0.3, 0.4) is 0 Å². The van der Waals surface area contributed by atoms with E-state index in [1.165, 1.54) is 5.57 Å². The number of benzene rings is 1. The number of esters is 2. The maximum atomic E-state index is 14.2. The van der Waals surface area contributed by atoms with Crippen LogP contribution in [-0.2, 0) is 40.0 Å². The summed E-state index contributed by atoms with van der Waals surface area (Å²) in [5, 5.41) is 23.8. The monoisotopic (exact) mass is 865 g/mol. The SMILES string of the molecule is CC(C)C1=C2C(CC1=O)[C@@H]([C@H](CNCc1ccc(Cl)cc1)OC(=O)CC(C)(C)C(=O)O)C[C@]1(C)[C@@H]2CC[C@@H]2[C@@]3(C)CC[C@H](OC(=O)CC(C)(C)C(=O)O)C(C)(C)[C@@H]3CC[C@]21C. The molecule has 0 bridgehead atoms. The van der Waals surface area contributed by atoms with Gasteiger partial charge in [0.25, 0.3) is 0 Å². The fraction of sp³-hybridized carbons (Fsp3) is 0.740. The Morgan fingerprint density at radius 3 is 2.03 bits per heavy atom. The molecule has 10 atom stereocenters. The van der Waals surface area contributed by atoms with Crippen molar-refractivity contribution >= 4 is 41.3 Å². The van der Waals surface area contributed by atoms with Gasteiger partial charge in [0.05, 0.1) is 23.7 Å². The van der Waals surface area contributed by atoms with E-state index in [0.717, 1.165) is 49.7 Å². The predicted octanol–water partition coefficient (Wildman–Crippen LogP) is 10.1. The van der Waals surface area contributed by atoms with Gasteiger partial charge in [0.15, 0.2) is 5.78 Å². The van der Waals surface area contributed by atoms with Crippen LogP contribution in [-0.4, -0.2) is 58.6 Å². The van der Waals surface area contributed by atoms with Crippen LogP contribution in [0.15, 0.2) is 35.4 Å². The van der Waals surface area contributed by atoms with Crippen molar-refractivity contribution in [2.75, 3.05) is 6.54 Å². The highest BCUT2D eigenvalue weighted by Crippen LogP contribution is 2.76. The van der Waals surface area contributed by atoms with Crippen LogP contribution in [0.25, 0.3) is 0 Å². The molecular weight excluding hydrogens is 794 g/mol. The van der Waals surface area contributed by atoms with Crippen LogP contribution >= 0.6 is 11.6 Å². The Balaban J connectivity index is 1.35. The van der Waals surface area contributed by atoms with Crippen LogP contribution < -0.4 is 5.32 Å². The van der Waals surface area contributed by atoms with Crippen molar-refractivity contribution in [3.05, 3.63) is 46.0 Å². The third-order valence-electron chi connectivity index (χ3n) is 17.3. The molecule has 0 spiro atoms. The minimum Gasteiger partial charge on any atom is -0.481 e. The molecule has 0 heterocycles. The number of rotatable bonds is 14. The fourth-order valence-electron chi connectivity index (χ4n) is 13.8. The van der Waals surface area contributed by atoms with E-state index in [4.69, 9.17) is 21.1 Å². The molecule has 0 amide bonds. The summed E-state index contributed by atoms with van der Waals surface area (Å²) in [6, 6.07) is 7.61. The highest BCUT2D eigenvalue weighted by Gasteiger charge is 2.70. The van der Waals surface area contributed by atoms with Gasteiger partial charge in [-0.2, -0.15) is 0 Å². The molecule has 10 nitrogen and oxygen atoms in total. The van der Waals surface area contributed by atoms with Gasteiger partial charge in [0.1, 0.15) is 12.2 Å². The van der Waals surface area contributed by atoms with E-state index in [1.54, 1.807) is 27.7 Å². The van der Waals surface area contributed by atoms with Crippen molar-refractivity contribution in [2.45, 2.75) is 159 Å². The number of carbonyl (C=O) groups excluding carboxylic acids is 3. The second kappa shape index (κ2) is 16.7. The van der Waals surface area contributed by atoms with E-state index in [9.17, 15) is 34.2 Å². The molecule has 11 heteroatoms. The number of ether oxygens (including phenoxy) is 2. The number of nitrogens with one attached hydrogen (secondary N) is 1. The van der Waals surface area contributed by atoms with Crippen LogP contribution in [0, 0.1) is 68.0 Å². The summed E-state index contributed by atoms with van der Waals surface area (Å²) >= 11 is 6.18. The first kappa shape index (κ1) is 47.2. The standard InChI is InChI=1S/C50H72ClNO9/c1-28(2)41-34(53)22-31-32(35(60-39(54)24-45(3,4)43(56)57)27-52-26-29-12-14-30(51)15-13-29)23-50(11)33(42(31)41)16-17-37-48(9)20-19-38(61-40(55)25-46(5,6)44(58)59)47(7,8)36(48)18-21-49(37,50)10/h12-15,28,31-33,35-38,52H,16-27H2,1-11H3,(H,56,57)(H,58,59)/t31?,32-,33+,35-,36-,37+,38-,48-,49+,50+/m0/s1. The van der Waals surface area contributed by atoms with Crippen LogP contribution in [0.1, 0.15) is 146 Å². The molecule has 0 saturated heterocycles. The number of hydrogen-bond donors (Lipinski definition) is 3. The third-order valence-corrected chi connectivity index (χ3v) is 17.6. The number of hydrogen-bond acceptors (Lipinski definition) is 8. The molecule has 4 saturated carbocycles. The Morgan fingerprint density at radius 1 is 0.836 bits per heavy atom. The van der Waals surface area contributed by atoms with Crippen LogP contribution in [0.4, 0.5) is 0 Å². The number of allylic oxidation sites excluding steroid dienone is 2. The molecule has 0 aliphatic heterocycles. The number of carboxylic acids is 2. The highest BCUT2D eigenvalue weighted by molar-refractivity contribution is 6.30. The van der Waals surface area contributed by atoms with E-state index in [1.807, 2.05) is 24.3 Å². The molecule has 338 valence electrons. The topological polar surface area (TPSA) is 156 Å². The maximum absolute atomic E-state index is 14.2. The second-order valence-corrected chi connectivity index (χ2v) is 23.0. The van der Waals surface area contributed by atoms with Crippen molar-refractivity contribution in [1.82, 2.24) is 5.32 Å². The Labute approximate surface area is 368 Å². The van der Waals surface area contributed by atoms with Gasteiger partial charge in [-0.15, -0.1) is 0 Å². The van der Waals surface area contributed by atoms with E-state index in [-0.39, 0.29) is 76.0 Å². The Morgan fingerprint density at radius 2 is 1.44 bits per heavy atom. The summed E-state index contributed by atoms with van der Waals surface area (Å²) in [7, 11) is 0. The summed E-state index contributed by atoms with van der Waals surface area (Å²) < 4.78 is 12.7. The molecule has 3 N–H and O–H groups in total. The lowest BCUT2D eigenvalue weighted by Gasteiger charge is -2.72. The summed E-state index contributed by atoms with van der Waals surface area (Å²) in [5.41, 5.74) is -0.0387. The first-order valence-corrected chi connectivity index (χ1v) is 23.2. The molecule has 0 aromatic heterocycles. The largest absolute Gasteiger partial charge is 0.481 e. The minimum absolute atomic E-state index is 0.0505. The van der Waals surface area contributed by atoms with Crippen molar-refractivity contribution in [3.63, 3.8) is 0 Å². The number of carbonyl (C=O) groups is 5. The number of Topliss-reactive ketones (excluding diaryl/α,β-unsaturated/α-hetero) is 1. The molecule has 1 aromatic rings. The van der Waals surface area contributed by atoms with E-state index in [0.29, 0.717) is 36.9 Å². The van der Waals surface area contributed by atoms with Gasteiger partial charge in [-0.1, -0.05) is 77.8 Å². The Hall–Kier alpha value is -3.24. The van der Waals surface area contributed by atoms with Gasteiger partial charge in [-0.3, -0.25) is 24.0 Å². The van der Waals surface area contributed by atoms with Crippen molar-refractivity contribution in [1.29, 1.82) is 0 Å². The average molecular weight is 867 g/mol. The van der Waals surface area contributed by atoms with Crippen LogP contribution in [0.5, 0.6) is 0 Å². The normalized spacial score (nSPS) is 33.8. The summed E-state index contributed by atoms with van der Waals surface area (Å²) in [4.78, 5) is 65.3. The summed E-state index contributed by atoms with van der Waals surface area (Å²) in [6.07, 6.45) is 5.29. The molecule has 1 unspecified atom stereocenters. The number of fused-ring (bicyclic) bond motifs is 7. The number of carboxylic acid groups (broad SMARTS) is 2. The first-order valence-electron chi connectivity index (χ1n) is 22.8. The Bertz CT molecular complexity index is 1930. The van der Waals surface area contributed by atoms with Crippen molar-refractivity contribution < 1.29 is 43.7 Å². The van der Waals surface area contributed by atoms with Crippen molar-refractivity contribution in [2.24, 2.45) is 68.0 Å². The molecule has 61 heavy (non-hydrogen) atoms. The van der Waals surface area contributed by atoms with Gasteiger partial charge in [0, 0.05) is 35.9 Å². The molecule has 1 aromatic carbocycles. The second-order valence-electron chi connectivity index (χ2n) is 22.6. The highest BCUT2D eigenvalue weighted by atomic mass is 35.5. The molecule has 5 aliphatic rings. The molecule has 4 fully saturated rings. The smallest absolute Gasteiger partial charge is 0.309 e. The van der Waals surface area contributed by atoms with Crippen LogP contribution in [0.2, 0.25) is 5.02 Å². The van der Waals surface area contributed by atoms with Gasteiger partial charge >= 0.3 is 23.9 Å². The van der Waals surface area contributed by atoms with Gasteiger partial charge in [-0.05, 0) is 142 Å². The lowest BCUT2D eigenvalue weighted by molar-refractivity contribution is -0.237. The van der Waals surface area contributed by atoms with Crippen molar-refractivity contribution in [3.8, 4) is 0 Å². The van der Waals surface area contributed by atoms with Gasteiger partial charge < -0.3 is 25.0 Å². The van der Waals surface area contributed by atoms with E-state index >= 15 is 0 Å². The molecular formula is C50H72ClNO9.